The van der Waals surface area contributed by atoms with E-state index in [1.165, 1.54) is 38.5 Å². The first kappa shape index (κ1) is 25.9. The highest BCUT2D eigenvalue weighted by Gasteiger charge is 2.46. The number of hydrogen-bond donors (Lipinski definition) is 0. The predicted molar refractivity (Wildman–Crippen MR) is 112 cm³/mol. The highest BCUT2D eigenvalue weighted by molar-refractivity contribution is 5.99. The number of ether oxygens (including phenoxy) is 2. The van der Waals surface area contributed by atoms with E-state index in [4.69, 9.17) is 9.47 Å². The Hall–Kier alpha value is -1.06. The van der Waals surface area contributed by atoms with Gasteiger partial charge in [0.15, 0.2) is 5.41 Å². The van der Waals surface area contributed by atoms with Crippen molar-refractivity contribution in [2.45, 2.75) is 112 Å². The third kappa shape index (κ3) is 9.62. The molecule has 0 spiro atoms. The van der Waals surface area contributed by atoms with E-state index in [1.807, 2.05) is 13.8 Å². The molecule has 0 unspecified atom stereocenters. The molecule has 4 heteroatoms. The first-order chi connectivity index (χ1) is 13.0. The predicted octanol–water partition coefficient (Wildman–Crippen LogP) is 6.46. The largest absolute Gasteiger partial charge is 0.465 e. The van der Waals surface area contributed by atoms with Crippen LogP contribution in [-0.4, -0.2) is 25.2 Å². The first-order valence-corrected chi connectivity index (χ1v) is 11.4. The molecular weight excluding hydrogens is 340 g/mol. The summed E-state index contributed by atoms with van der Waals surface area (Å²) >= 11 is 0. The van der Waals surface area contributed by atoms with Crippen LogP contribution in [0.2, 0.25) is 0 Å². The minimum absolute atomic E-state index is 0.355. The van der Waals surface area contributed by atoms with E-state index < -0.39 is 17.4 Å². The second-order valence-corrected chi connectivity index (χ2v) is 7.68. The second-order valence-electron chi connectivity index (χ2n) is 7.68. The average Bonchev–Trinajstić information content (AvgIpc) is 2.68. The topological polar surface area (TPSA) is 52.6 Å². The van der Waals surface area contributed by atoms with Gasteiger partial charge >= 0.3 is 11.9 Å². The summed E-state index contributed by atoms with van der Waals surface area (Å²) in [5, 5.41) is 0. The van der Waals surface area contributed by atoms with Gasteiger partial charge in [0.2, 0.25) is 0 Å². The SMILES string of the molecule is CCCCCCCCCCOC(=O)C(CC)(CC)C(=O)OCC(CC)CC. The van der Waals surface area contributed by atoms with Crippen molar-refractivity contribution in [1.82, 2.24) is 0 Å². The number of esters is 2. The Labute approximate surface area is 167 Å². The van der Waals surface area contributed by atoms with Crippen LogP contribution in [0.5, 0.6) is 0 Å². The molecule has 0 fully saturated rings. The lowest BCUT2D eigenvalue weighted by Gasteiger charge is -2.27. The molecule has 0 aromatic rings. The van der Waals surface area contributed by atoms with Gasteiger partial charge in [-0.15, -0.1) is 0 Å². The van der Waals surface area contributed by atoms with Crippen LogP contribution in [0.15, 0.2) is 0 Å². The Morgan fingerprint density at radius 2 is 1.19 bits per heavy atom. The quantitative estimate of drug-likeness (QED) is 0.164. The van der Waals surface area contributed by atoms with Gasteiger partial charge in [0.25, 0.3) is 0 Å². The fourth-order valence-corrected chi connectivity index (χ4v) is 3.31. The Morgan fingerprint density at radius 3 is 1.67 bits per heavy atom. The number of hydrogen-bond acceptors (Lipinski definition) is 4. The molecular formula is C23H44O4. The number of carbonyl (C=O) groups is 2. The normalized spacial score (nSPS) is 11.6. The first-order valence-electron chi connectivity index (χ1n) is 11.4. The van der Waals surface area contributed by atoms with Crippen molar-refractivity contribution in [2.24, 2.45) is 11.3 Å². The van der Waals surface area contributed by atoms with E-state index in [2.05, 4.69) is 20.8 Å². The maximum Gasteiger partial charge on any atom is 0.323 e. The van der Waals surface area contributed by atoms with Crippen LogP contribution in [0.4, 0.5) is 0 Å². The van der Waals surface area contributed by atoms with E-state index in [9.17, 15) is 9.59 Å². The fourth-order valence-electron chi connectivity index (χ4n) is 3.31. The average molecular weight is 385 g/mol. The minimum atomic E-state index is -1.15. The van der Waals surface area contributed by atoms with Crippen molar-refractivity contribution in [3.8, 4) is 0 Å². The number of carbonyl (C=O) groups excluding carboxylic acids is 2. The maximum atomic E-state index is 12.6. The Kier molecular flexibility index (Phi) is 15.3. The van der Waals surface area contributed by atoms with E-state index >= 15 is 0 Å². The van der Waals surface area contributed by atoms with Gasteiger partial charge in [-0.1, -0.05) is 92.4 Å². The zero-order valence-corrected chi connectivity index (χ0v) is 18.6. The third-order valence-corrected chi connectivity index (χ3v) is 5.82. The fraction of sp³-hybridized carbons (Fsp3) is 0.913. The number of unbranched alkanes of at least 4 members (excludes halogenated alkanes) is 7. The molecule has 0 atom stereocenters. The summed E-state index contributed by atoms with van der Waals surface area (Å²) < 4.78 is 11.0. The third-order valence-electron chi connectivity index (χ3n) is 5.82. The summed E-state index contributed by atoms with van der Waals surface area (Å²) in [6, 6.07) is 0. The summed E-state index contributed by atoms with van der Waals surface area (Å²) in [6.45, 7) is 10.9. The molecule has 0 rings (SSSR count). The Balaban J connectivity index is 4.30. The molecule has 4 nitrogen and oxygen atoms in total. The van der Waals surface area contributed by atoms with Crippen LogP contribution in [0.1, 0.15) is 112 Å². The molecule has 0 aliphatic rings. The molecule has 0 saturated heterocycles. The van der Waals surface area contributed by atoms with Crippen LogP contribution in [0.3, 0.4) is 0 Å². The van der Waals surface area contributed by atoms with Crippen molar-refractivity contribution < 1.29 is 19.1 Å². The smallest absolute Gasteiger partial charge is 0.323 e. The van der Waals surface area contributed by atoms with Crippen molar-refractivity contribution in [3.05, 3.63) is 0 Å². The molecule has 27 heavy (non-hydrogen) atoms. The standard InChI is InChI=1S/C23H44O4/c1-6-11-12-13-14-15-16-17-18-26-21(24)23(9-4,10-5)22(25)27-19-20(7-2)8-3/h20H,6-19H2,1-5H3. The van der Waals surface area contributed by atoms with Gasteiger partial charge in [-0.05, 0) is 25.2 Å². The molecule has 0 aromatic heterocycles. The maximum absolute atomic E-state index is 12.6. The monoisotopic (exact) mass is 384 g/mol. The molecule has 0 aliphatic heterocycles. The van der Waals surface area contributed by atoms with Gasteiger partial charge in [0.1, 0.15) is 0 Å². The second kappa shape index (κ2) is 15.9. The van der Waals surface area contributed by atoms with E-state index in [-0.39, 0.29) is 0 Å². The minimum Gasteiger partial charge on any atom is -0.465 e. The molecule has 0 N–H and O–H groups in total. The summed E-state index contributed by atoms with van der Waals surface area (Å²) in [7, 11) is 0. The van der Waals surface area contributed by atoms with Gasteiger partial charge in [-0.3, -0.25) is 9.59 Å². The molecule has 0 amide bonds. The Bertz CT molecular complexity index is 384. The molecule has 0 saturated carbocycles. The van der Waals surface area contributed by atoms with Crippen molar-refractivity contribution in [3.63, 3.8) is 0 Å². The zero-order valence-electron chi connectivity index (χ0n) is 18.6. The van der Waals surface area contributed by atoms with E-state index in [1.54, 1.807) is 0 Å². The molecule has 0 aromatic carbocycles. The molecule has 0 radical (unpaired) electrons. The van der Waals surface area contributed by atoms with Crippen molar-refractivity contribution in [2.75, 3.05) is 13.2 Å². The molecule has 160 valence electrons. The molecule has 0 bridgehead atoms. The zero-order chi connectivity index (χ0) is 20.5. The van der Waals surface area contributed by atoms with E-state index in [0.29, 0.717) is 32.0 Å². The summed E-state index contributed by atoms with van der Waals surface area (Å²) in [5.41, 5.74) is -1.15. The lowest BCUT2D eigenvalue weighted by Crippen LogP contribution is -2.41. The lowest BCUT2D eigenvalue weighted by molar-refractivity contribution is -0.174. The highest BCUT2D eigenvalue weighted by atomic mass is 16.6. The summed E-state index contributed by atoms with van der Waals surface area (Å²) in [6.07, 6.45) is 12.4. The van der Waals surface area contributed by atoms with Crippen LogP contribution in [-0.2, 0) is 19.1 Å². The van der Waals surface area contributed by atoms with Crippen LogP contribution < -0.4 is 0 Å². The van der Waals surface area contributed by atoms with Gasteiger partial charge in [-0.2, -0.15) is 0 Å². The number of rotatable bonds is 17. The van der Waals surface area contributed by atoms with Gasteiger partial charge in [-0.25, -0.2) is 0 Å². The molecule has 0 heterocycles. The van der Waals surface area contributed by atoms with Crippen LogP contribution >= 0.6 is 0 Å². The summed E-state index contributed by atoms with van der Waals surface area (Å²) in [5.74, 6) is -0.473. The van der Waals surface area contributed by atoms with Gasteiger partial charge in [0, 0.05) is 0 Å². The van der Waals surface area contributed by atoms with Crippen LogP contribution in [0, 0.1) is 11.3 Å². The van der Waals surface area contributed by atoms with Crippen molar-refractivity contribution in [1.29, 1.82) is 0 Å². The lowest BCUT2D eigenvalue weighted by atomic mass is 9.82. The van der Waals surface area contributed by atoms with Gasteiger partial charge < -0.3 is 9.47 Å². The van der Waals surface area contributed by atoms with Crippen molar-refractivity contribution >= 4 is 11.9 Å². The highest BCUT2D eigenvalue weighted by Crippen LogP contribution is 2.30. The van der Waals surface area contributed by atoms with Gasteiger partial charge in [0.05, 0.1) is 13.2 Å². The molecule has 0 aliphatic carbocycles. The van der Waals surface area contributed by atoms with Crippen LogP contribution in [0.25, 0.3) is 0 Å². The van der Waals surface area contributed by atoms with E-state index in [0.717, 1.165) is 25.7 Å². The Morgan fingerprint density at radius 1 is 0.704 bits per heavy atom. The summed E-state index contributed by atoms with van der Waals surface area (Å²) in [4.78, 5) is 25.3.